The van der Waals surface area contributed by atoms with Gasteiger partial charge in [0.25, 0.3) is 5.91 Å². The third-order valence-corrected chi connectivity index (χ3v) is 11.1. The number of nitrogens with one attached hydrogen (secondary N) is 1. The largest absolute Gasteiger partial charge is 0.504 e. The molecule has 4 unspecified atom stereocenters. The van der Waals surface area contributed by atoms with Crippen LogP contribution in [0, 0.1) is 16.7 Å². The molecule has 202 valence electrons. The van der Waals surface area contributed by atoms with Gasteiger partial charge in [-0.25, -0.2) is 4.79 Å². The average molecular weight is 531 g/mol. The van der Waals surface area contributed by atoms with Gasteiger partial charge in [0, 0.05) is 17.5 Å². The molecule has 2 heterocycles. The summed E-state index contributed by atoms with van der Waals surface area (Å²) >= 11 is 1.73. The maximum atomic E-state index is 14.1. The van der Waals surface area contributed by atoms with Gasteiger partial charge < -0.3 is 25.2 Å². The molecule has 0 radical (unpaired) electrons. The molecule has 2 saturated carbocycles. The highest BCUT2D eigenvalue weighted by molar-refractivity contribution is 7.99. The number of thioether (sulfide) groups is 1. The van der Waals surface area contributed by atoms with Crippen molar-refractivity contribution >= 4 is 29.5 Å². The van der Waals surface area contributed by atoms with Crippen LogP contribution in [0.4, 0.5) is 0 Å². The number of amides is 2. The smallest absolute Gasteiger partial charge is 0.329 e. The maximum Gasteiger partial charge on any atom is 0.329 e. The van der Waals surface area contributed by atoms with Gasteiger partial charge in [-0.15, -0.1) is 0 Å². The Morgan fingerprint density at radius 1 is 1.05 bits per heavy atom. The van der Waals surface area contributed by atoms with E-state index in [1.165, 1.54) is 24.6 Å². The van der Waals surface area contributed by atoms with Crippen molar-refractivity contribution in [1.82, 2.24) is 10.2 Å². The highest BCUT2D eigenvalue weighted by Gasteiger charge is 2.63. The monoisotopic (exact) mass is 530 g/mol. The first-order chi connectivity index (χ1) is 17.5. The van der Waals surface area contributed by atoms with Crippen LogP contribution in [0.2, 0.25) is 0 Å². The Kier molecular flexibility index (Phi) is 6.66. The van der Waals surface area contributed by atoms with Crippen molar-refractivity contribution in [3.63, 3.8) is 0 Å². The number of carbonyl (C=O) groups excluding carboxylic acids is 3. The number of hydrogen-bond donors (Lipinski definition) is 3. The number of carbonyl (C=O) groups is 3. The van der Waals surface area contributed by atoms with E-state index in [1.807, 2.05) is 0 Å². The molecule has 1 aromatic carbocycles. The predicted molar refractivity (Wildman–Crippen MR) is 140 cm³/mol. The molecule has 5 rings (SSSR count). The number of fused-ring (bicyclic) bond motifs is 2. The summed E-state index contributed by atoms with van der Waals surface area (Å²) in [6.45, 7) is 7.26. The van der Waals surface area contributed by atoms with Crippen molar-refractivity contribution in [2.45, 2.75) is 83.4 Å². The van der Waals surface area contributed by atoms with Crippen LogP contribution in [0.5, 0.6) is 11.5 Å². The van der Waals surface area contributed by atoms with E-state index in [9.17, 15) is 24.6 Å². The summed E-state index contributed by atoms with van der Waals surface area (Å²) in [4.78, 5) is 42.3. The van der Waals surface area contributed by atoms with Gasteiger partial charge in [0.2, 0.25) is 5.91 Å². The van der Waals surface area contributed by atoms with E-state index in [4.69, 9.17) is 4.74 Å². The van der Waals surface area contributed by atoms with Crippen molar-refractivity contribution in [2.75, 3.05) is 18.1 Å². The Balaban J connectivity index is 1.33. The Morgan fingerprint density at radius 2 is 1.78 bits per heavy atom. The lowest BCUT2D eigenvalue weighted by atomic mass is 9.70. The molecule has 4 fully saturated rings. The van der Waals surface area contributed by atoms with Crippen LogP contribution in [0.15, 0.2) is 18.2 Å². The summed E-state index contributed by atoms with van der Waals surface area (Å²) in [5.74, 6) is 0.216. The molecule has 8 nitrogen and oxygen atoms in total. The van der Waals surface area contributed by atoms with Crippen LogP contribution < -0.4 is 5.32 Å². The summed E-state index contributed by atoms with van der Waals surface area (Å²) in [6, 6.07) is 3.21. The van der Waals surface area contributed by atoms with Gasteiger partial charge in [0.05, 0.1) is 0 Å². The van der Waals surface area contributed by atoms with Crippen LogP contribution in [-0.2, 0) is 14.3 Å². The summed E-state index contributed by atoms with van der Waals surface area (Å²) < 4.78 is 6.17. The first-order valence-electron chi connectivity index (χ1n) is 13.4. The van der Waals surface area contributed by atoms with E-state index in [2.05, 4.69) is 26.1 Å². The molecule has 4 aliphatic rings. The average Bonchev–Trinajstić information content (AvgIpc) is 3.49. The minimum absolute atomic E-state index is 0.0494. The van der Waals surface area contributed by atoms with E-state index in [0.29, 0.717) is 49.7 Å². The van der Waals surface area contributed by atoms with Crippen LogP contribution >= 0.6 is 11.8 Å². The SMILES string of the molecule is CC1(C)C2CCC1(C)C(OC(=O)C1CCCN1C(=O)C1(NC(=O)c3ccc(O)c(O)c3)CCSCC1)C2. The predicted octanol–water partition coefficient (Wildman–Crippen LogP) is 3.84. The van der Waals surface area contributed by atoms with Crippen molar-refractivity contribution in [3.05, 3.63) is 23.8 Å². The highest BCUT2D eigenvalue weighted by atomic mass is 32.2. The number of aromatic hydroxyl groups is 2. The minimum atomic E-state index is -1.13. The van der Waals surface area contributed by atoms with Crippen LogP contribution in [0.3, 0.4) is 0 Å². The second-order valence-electron chi connectivity index (χ2n) is 12.0. The first-order valence-corrected chi connectivity index (χ1v) is 14.6. The molecule has 2 aliphatic carbocycles. The Morgan fingerprint density at radius 3 is 2.41 bits per heavy atom. The van der Waals surface area contributed by atoms with Gasteiger partial charge in [-0.2, -0.15) is 11.8 Å². The van der Waals surface area contributed by atoms with Gasteiger partial charge in [-0.1, -0.05) is 20.8 Å². The second-order valence-corrected chi connectivity index (χ2v) is 13.3. The van der Waals surface area contributed by atoms with Crippen molar-refractivity contribution < 1.29 is 29.3 Å². The van der Waals surface area contributed by atoms with Crippen LogP contribution in [0.25, 0.3) is 0 Å². The Bertz CT molecular complexity index is 1100. The number of nitrogens with zero attached hydrogens (tertiary/aromatic N) is 1. The van der Waals surface area contributed by atoms with Gasteiger partial charge >= 0.3 is 5.97 Å². The van der Waals surface area contributed by atoms with Gasteiger partial charge in [0.1, 0.15) is 17.7 Å². The quantitative estimate of drug-likeness (QED) is 0.391. The fourth-order valence-corrected chi connectivity index (χ4v) is 8.31. The van der Waals surface area contributed by atoms with E-state index in [0.717, 1.165) is 12.8 Å². The normalized spacial score (nSPS) is 31.8. The molecule has 0 spiro atoms. The standard InChI is InChI=1S/C28H38N2O6S/c1-26(2)18-8-9-27(26,3)22(16-18)36-24(34)19-5-4-12-30(19)25(35)28(10-13-37-14-11-28)29-23(33)17-6-7-20(31)21(32)15-17/h6-7,15,18-19,22,31-32H,4-5,8-14,16H2,1-3H3,(H,29,33). The lowest BCUT2D eigenvalue weighted by molar-refractivity contribution is -0.166. The van der Waals surface area contributed by atoms with Gasteiger partial charge in [-0.3, -0.25) is 9.59 Å². The molecule has 4 atom stereocenters. The zero-order chi connectivity index (χ0) is 26.6. The maximum absolute atomic E-state index is 14.1. The number of phenols is 2. The number of hydrogen-bond acceptors (Lipinski definition) is 7. The molecule has 2 aliphatic heterocycles. The van der Waals surface area contributed by atoms with E-state index in [-0.39, 0.29) is 40.1 Å². The summed E-state index contributed by atoms with van der Waals surface area (Å²) in [5, 5.41) is 22.4. The Hall–Kier alpha value is -2.42. The third-order valence-electron chi connectivity index (χ3n) is 10.1. The number of benzene rings is 1. The number of likely N-dealkylation sites (tertiary alicyclic amines) is 1. The number of ether oxygens (including phenoxy) is 1. The van der Waals surface area contributed by atoms with Gasteiger partial charge in [-0.05, 0) is 86.0 Å². The van der Waals surface area contributed by atoms with Crippen molar-refractivity contribution in [3.8, 4) is 11.5 Å². The summed E-state index contributed by atoms with van der Waals surface area (Å²) in [6.07, 6.45) is 5.17. The topological polar surface area (TPSA) is 116 Å². The summed E-state index contributed by atoms with van der Waals surface area (Å²) in [5.41, 5.74) is -0.893. The van der Waals surface area contributed by atoms with Crippen LogP contribution in [0.1, 0.15) is 76.1 Å². The third kappa shape index (κ3) is 4.27. The molecule has 3 N–H and O–H groups in total. The van der Waals surface area contributed by atoms with Crippen molar-refractivity contribution in [1.29, 1.82) is 0 Å². The molecule has 2 bridgehead atoms. The molecule has 1 aromatic rings. The second kappa shape index (κ2) is 9.40. The van der Waals surface area contributed by atoms with E-state index >= 15 is 0 Å². The fourth-order valence-electron chi connectivity index (χ4n) is 7.12. The first kappa shape index (κ1) is 26.2. The Labute approximate surface area is 222 Å². The van der Waals surface area contributed by atoms with Gasteiger partial charge in [0.15, 0.2) is 11.5 Å². The van der Waals surface area contributed by atoms with E-state index in [1.54, 1.807) is 16.7 Å². The number of rotatable bonds is 5. The zero-order valence-corrected chi connectivity index (χ0v) is 22.7. The molecule has 37 heavy (non-hydrogen) atoms. The fraction of sp³-hybridized carbons (Fsp3) is 0.679. The molecular weight excluding hydrogens is 492 g/mol. The van der Waals surface area contributed by atoms with Crippen molar-refractivity contribution in [2.24, 2.45) is 16.7 Å². The lowest BCUT2D eigenvalue weighted by Crippen LogP contribution is -2.62. The molecule has 0 aromatic heterocycles. The van der Waals surface area contributed by atoms with E-state index < -0.39 is 23.2 Å². The zero-order valence-electron chi connectivity index (χ0n) is 21.9. The minimum Gasteiger partial charge on any atom is -0.504 e. The molecule has 2 amide bonds. The summed E-state index contributed by atoms with van der Waals surface area (Å²) in [7, 11) is 0. The lowest BCUT2D eigenvalue weighted by Gasteiger charge is -2.41. The van der Waals surface area contributed by atoms with Crippen LogP contribution in [-0.4, -0.2) is 68.6 Å². The molecule has 9 heteroatoms. The highest BCUT2D eigenvalue weighted by Crippen LogP contribution is 2.66. The number of phenolic OH excluding ortho intramolecular Hbond substituents is 2. The molecular formula is C28H38N2O6S. The molecule has 2 saturated heterocycles. The number of esters is 1.